The molecule has 2 rings (SSSR count). The maximum atomic E-state index is 11.6. The lowest BCUT2D eigenvalue weighted by Crippen LogP contribution is -2.33. The molecule has 0 aliphatic carbocycles. The summed E-state index contributed by atoms with van der Waals surface area (Å²) in [5.74, 6) is -0.502. The molecule has 1 aromatic heterocycles. The van der Waals surface area contributed by atoms with Crippen molar-refractivity contribution in [2.75, 3.05) is 13.1 Å². The molecule has 0 radical (unpaired) electrons. The van der Waals surface area contributed by atoms with Gasteiger partial charge in [-0.1, -0.05) is 6.92 Å². The number of pyridine rings is 1. The van der Waals surface area contributed by atoms with Crippen molar-refractivity contribution in [2.45, 2.75) is 39.3 Å². The van der Waals surface area contributed by atoms with E-state index in [9.17, 15) is 14.7 Å². The van der Waals surface area contributed by atoms with Gasteiger partial charge >= 0.3 is 5.97 Å². The number of hydrogen-bond donors (Lipinski definition) is 2. The Morgan fingerprint density at radius 1 is 1.38 bits per heavy atom. The normalized spacial score (nSPS) is 17.0. The lowest BCUT2D eigenvalue weighted by Gasteiger charge is -2.30. The van der Waals surface area contributed by atoms with Crippen LogP contribution in [-0.2, 0) is 17.9 Å². The first-order valence-electron chi connectivity index (χ1n) is 7.32. The topological polar surface area (TPSA) is 82.8 Å². The molecule has 1 aliphatic heterocycles. The molecule has 6 nitrogen and oxygen atoms in total. The van der Waals surface area contributed by atoms with Crippen LogP contribution in [0, 0.1) is 5.92 Å². The van der Waals surface area contributed by atoms with Crippen LogP contribution in [0.25, 0.3) is 0 Å². The fourth-order valence-corrected chi connectivity index (χ4v) is 2.61. The number of piperidine rings is 1. The van der Waals surface area contributed by atoms with E-state index in [0.717, 1.165) is 37.5 Å². The number of carbonyl (C=O) groups is 1. The molecular formula is C15H22N2O4. The van der Waals surface area contributed by atoms with Gasteiger partial charge in [-0.2, -0.15) is 0 Å². The SMILES string of the molecule is CC1CCN(Cc2cc(=O)c(O)cn2CCC(=O)O)CC1. The largest absolute Gasteiger partial charge is 0.503 e. The highest BCUT2D eigenvalue weighted by Gasteiger charge is 2.17. The van der Waals surface area contributed by atoms with Gasteiger partial charge in [0.1, 0.15) is 0 Å². The zero-order valence-corrected chi connectivity index (χ0v) is 12.3. The Morgan fingerprint density at radius 3 is 2.67 bits per heavy atom. The highest BCUT2D eigenvalue weighted by Crippen LogP contribution is 2.18. The van der Waals surface area contributed by atoms with Gasteiger partial charge in [0.25, 0.3) is 0 Å². The second-order valence-electron chi connectivity index (χ2n) is 5.81. The van der Waals surface area contributed by atoms with Crippen molar-refractivity contribution in [3.05, 3.63) is 28.2 Å². The Balaban J connectivity index is 2.14. The van der Waals surface area contributed by atoms with Gasteiger partial charge in [-0.3, -0.25) is 14.5 Å². The van der Waals surface area contributed by atoms with Crippen LogP contribution in [0.1, 0.15) is 31.9 Å². The summed E-state index contributed by atoms with van der Waals surface area (Å²) in [6, 6.07) is 1.41. The highest BCUT2D eigenvalue weighted by molar-refractivity contribution is 5.66. The Morgan fingerprint density at radius 2 is 2.05 bits per heavy atom. The molecule has 0 saturated carbocycles. The first-order chi connectivity index (χ1) is 9.95. The summed E-state index contributed by atoms with van der Waals surface area (Å²) in [6.45, 7) is 5.07. The van der Waals surface area contributed by atoms with Crippen molar-refractivity contribution in [1.29, 1.82) is 0 Å². The molecular weight excluding hydrogens is 272 g/mol. The molecule has 2 N–H and O–H groups in total. The lowest BCUT2D eigenvalue weighted by atomic mass is 9.99. The first-order valence-corrected chi connectivity index (χ1v) is 7.32. The second-order valence-corrected chi connectivity index (χ2v) is 5.81. The maximum Gasteiger partial charge on any atom is 0.305 e. The number of aromatic nitrogens is 1. The van der Waals surface area contributed by atoms with Gasteiger partial charge in [0.05, 0.1) is 12.6 Å². The van der Waals surface area contributed by atoms with Crippen LogP contribution in [0.15, 0.2) is 17.1 Å². The van der Waals surface area contributed by atoms with Crippen molar-refractivity contribution in [3.63, 3.8) is 0 Å². The Hall–Kier alpha value is -1.82. The van der Waals surface area contributed by atoms with Crippen LogP contribution in [0.2, 0.25) is 0 Å². The quantitative estimate of drug-likeness (QED) is 0.854. The maximum absolute atomic E-state index is 11.6. The van der Waals surface area contributed by atoms with Crippen LogP contribution < -0.4 is 5.43 Å². The van der Waals surface area contributed by atoms with Gasteiger partial charge in [-0.25, -0.2) is 0 Å². The number of aryl methyl sites for hydroxylation is 1. The summed E-state index contributed by atoms with van der Waals surface area (Å²) in [5.41, 5.74) is 0.343. The minimum Gasteiger partial charge on any atom is -0.503 e. The summed E-state index contributed by atoms with van der Waals surface area (Å²) >= 11 is 0. The highest BCUT2D eigenvalue weighted by atomic mass is 16.4. The molecule has 1 fully saturated rings. The number of aliphatic carboxylic acids is 1. The van der Waals surface area contributed by atoms with Crippen LogP contribution in [0.3, 0.4) is 0 Å². The molecule has 0 amide bonds. The van der Waals surface area contributed by atoms with Crippen LogP contribution in [0.4, 0.5) is 0 Å². The Bertz CT molecular complexity index is 559. The van der Waals surface area contributed by atoms with E-state index < -0.39 is 11.4 Å². The molecule has 1 aromatic rings. The van der Waals surface area contributed by atoms with E-state index in [0.29, 0.717) is 6.54 Å². The van der Waals surface area contributed by atoms with E-state index in [4.69, 9.17) is 5.11 Å². The van der Waals surface area contributed by atoms with Gasteiger partial charge < -0.3 is 14.8 Å². The van der Waals surface area contributed by atoms with E-state index in [1.165, 1.54) is 12.3 Å². The van der Waals surface area contributed by atoms with Crippen molar-refractivity contribution in [1.82, 2.24) is 9.47 Å². The van der Waals surface area contributed by atoms with E-state index in [1.54, 1.807) is 4.57 Å². The Kier molecular flexibility index (Phi) is 5.01. The van der Waals surface area contributed by atoms with Gasteiger partial charge in [0.2, 0.25) is 5.43 Å². The number of carboxylic acids is 1. The van der Waals surface area contributed by atoms with Gasteiger partial charge in [-0.15, -0.1) is 0 Å². The zero-order valence-electron chi connectivity index (χ0n) is 12.3. The molecule has 2 heterocycles. The van der Waals surface area contributed by atoms with E-state index in [2.05, 4.69) is 11.8 Å². The number of likely N-dealkylation sites (tertiary alicyclic amines) is 1. The molecule has 116 valence electrons. The summed E-state index contributed by atoms with van der Waals surface area (Å²) < 4.78 is 1.67. The number of rotatable bonds is 5. The Labute approximate surface area is 123 Å². The van der Waals surface area contributed by atoms with E-state index in [1.807, 2.05) is 0 Å². The van der Waals surface area contributed by atoms with E-state index >= 15 is 0 Å². The summed E-state index contributed by atoms with van der Waals surface area (Å²) in [6.07, 6.45) is 3.58. The predicted molar refractivity (Wildman–Crippen MR) is 78.3 cm³/mol. The third-order valence-electron chi connectivity index (χ3n) is 4.03. The van der Waals surface area contributed by atoms with Gasteiger partial charge in [-0.05, 0) is 31.8 Å². The molecule has 0 atom stereocenters. The molecule has 0 bridgehead atoms. The van der Waals surface area contributed by atoms with Crippen molar-refractivity contribution >= 4 is 5.97 Å². The number of carboxylic acid groups (broad SMARTS) is 1. The van der Waals surface area contributed by atoms with Gasteiger partial charge in [0, 0.05) is 24.8 Å². The van der Waals surface area contributed by atoms with Crippen molar-refractivity contribution in [3.8, 4) is 5.75 Å². The molecule has 1 aliphatic rings. The molecule has 21 heavy (non-hydrogen) atoms. The van der Waals surface area contributed by atoms with Crippen molar-refractivity contribution in [2.24, 2.45) is 5.92 Å². The summed E-state index contributed by atoms with van der Waals surface area (Å²) in [5, 5.41) is 18.3. The molecule has 6 heteroatoms. The monoisotopic (exact) mass is 294 g/mol. The smallest absolute Gasteiger partial charge is 0.305 e. The number of hydrogen-bond acceptors (Lipinski definition) is 4. The molecule has 0 spiro atoms. The van der Waals surface area contributed by atoms with Crippen LogP contribution in [0.5, 0.6) is 5.75 Å². The minimum atomic E-state index is -0.897. The van der Waals surface area contributed by atoms with Crippen molar-refractivity contribution < 1.29 is 15.0 Å². The van der Waals surface area contributed by atoms with Crippen LogP contribution >= 0.6 is 0 Å². The fraction of sp³-hybridized carbons (Fsp3) is 0.600. The third kappa shape index (κ3) is 4.32. The summed E-state index contributed by atoms with van der Waals surface area (Å²) in [7, 11) is 0. The fourth-order valence-electron chi connectivity index (χ4n) is 2.61. The summed E-state index contributed by atoms with van der Waals surface area (Å²) in [4.78, 5) is 24.6. The predicted octanol–water partition coefficient (Wildman–Crippen LogP) is 1.26. The molecule has 0 unspecified atom stereocenters. The first kappa shape index (κ1) is 15.6. The average Bonchev–Trinajstić information content (AvgIpc) is 2.43. The zero-order chi connectivity index (χ0) is 15.4. The van der Waals surface area contributed by atoms with Crippen LogP contribution in [-0.4, -0.2) is 38.7 Å². The molecule has 1 saturated heterocycles. The number of nitrogens with zero attached hydrogens (tertiary/aromatic N) is 2. The number of aromatic hydroxyl groups is 1. The molecule has 0 aromatic carbocycles. The second kappa shape index (κ2) is 6.76. The van der Waals surface area contributed by atoms with Gasteiger partial charge in [0.15, 0.2) is 5.75 Å². The minimum absolute atomic E-state index is 0.0354. The lowest BCUT2D eigenvalue weighted by molar-refractivity contribution is -0.137. The van der Waals surface area contributed by atoms with E-state index in [-0.39, 0.29) is 18.7 Å². The standard InChI is InChI=1S/C15H22N2O4/c1-11-2-5-16(6-3-11)9-12-8-13(18)14(19)10-17(12)7-4-15(20)21/h8,10-11,19H,2-7,9H2,1H3,(H,20,21). The average molecular weight is 294 g/mol. The third-order valence-corrected chi connectivity index (χ3v) is 4.03.